The lowest BCUT2D eigenvalue weighted by Gasteiger charge is -2.27. The predicted molar refractivity (Wildman–Crippen MR) is 64.7 cm³/mol. The Labute approximate surface area is 98.4 Å². The highest BCUT2D eigenvalue weighted by atomic mass is 16.5. The third-order valence-electron chi connectivity index (χ3n) is 2.37. The lowest BCUT2D eigenvalue weighted by Crippen LogP contribution is -2.50. The summed E-state index contributed by atoms with van der Waals surface area (Å²) in [6, 6.07) is 0. The smallest absolute Gasteiger partial charge is 0.323 e. The van der Waals surface area contributed by atoms with E-state index in [0.717, 1.165) is 6.42 Å². The second kappa shape index (κ2) is 6.21. The molecule has 0 aromatic rings. The van der Waals surface area contributed by atoms with E-state index >= 15 is 0 Å². The highest BCUT2D eigenvalue weighted by Crippen LogP contribution is 2.12. The molecular formula is C12H25NO3. The van der Waals surface area contributed by atoms with Gasteiger partial charge in [-0.1, -0.05) is 13.3 Å². The molecule has 1 atom stereocenters. The Bertz CT molecular complexity index is 223. The Morgan fingerprint density at radius 2 is 1.88 bits per heavy atom. The van der Waals surface area contributed by atoms with Crippen molar-refractivity contribution in [1.82, 2.24) is 5.32 Å². The molecule has 0 heterocycles. The zero-order valence-electron chi connectivity index (χ0n) is 11.1. The molecular weight excluding hydrogens is 206 g/mol. The van der Waals surface area contributed by atoms with Gasteiger partial charge in [-0.15, -0.1) is 0 Å². The first kappa shape index (κ1) is 15.4. The highest BCUT2D eigenvalue weighted by Gasteiger charge is 2.31. The molecule has 0 aliphatic heterocycles. The van der Waals surface area contributed by atoms with E-state index in [1.807, 2.05) is 27.7 Å². The molecule has 0 saturated carbocycles. The Hall–Kier alpha value is -0.610. The van der Waals surface area contributed by atoms with Crippen LogP contribution in [0.15, 0.2) is 0 Å². The number of ether oxygens (including phenoxy) is 1. The minimum Gasteiger partial charge on any atom is -0.480 e. The number of aliphatic carboxylic acids is 1. The molecule has 96 valence electrons. The average Bonchev–Trinajstić information content (AvgIpc) is 2.11. The van der Waals surface area contributed by atoms with Crippen LogP contribution in [0.5, 0.6) is 0 Å². The van der Waals surface area contributed by atoms with Gasteiger partial charge in [-0.25, -0.2) is 0 Å². The summed E-state index contributed by atoms with van der Waals surface area (Å²) in [5.74, 6) is -0.801. The van der Waals surface area contributed by atoms with Crippen molar-refractivity contribution in [1.29, 1.82) is 0 Å². The maximum atomic E-state index is 11.1. The van der Waals surface area contributed by atoms with Crippen molar-refractivity contribution in [2.45, 2.75) is 58.6 Å². The van der Waals surface area contributed by atoms with Gasteiger partial charge in [0.15, 0.2) is 0 Å². The third kappa shape index (κ3) is 6.08. The van der Waals surface area contributed by atoms with Crippen molar-refractivity contribution in [3.8, 4) is 0 Å². The van der Waals surface area contributed by atoms with Crippen LogP contribution in [0.1, 0.15) is 47.5 Å². The van der Waals surface area contributed by atoms with Gasteiger partial charge in [0, 0.05) is 6.54 Å². The van der Waals surface area contributed by atoms with Gasteiger partial charge in [-0.2, -0.15) is 0 Å². The summed E-state index contributed by atoms with van der Waals surface area (Å²) < 4.78 is 5.53. The second-order valence-corrected chi connectivity index (χ2v) is 5.27. The van der Waals surface area contributed by atoms with Gasteiger partial charge in [0.25, 0.3) is 0 Å². The van der Waals surface area contributed by atoms with Gasteiger partial charge in [0.1, 0.15) is 5.54 Å². The first-order valence-corrected chi connectivity index (χ1v) is 5.83. The van der Waals surface area contributed by atoms with Crippen LogP contribution in [0, 0.1) is 0 Å². The molecule has 0 bridgehead atoms. The van der Waals surface area contributed by atoms with Gasteiger partial charge in [0.2, 0.25) is 0 Å². The van der Waals surface area contributed by atoms with E-state index < -0.39 is 11.5 Å². The molecule has 0 spiro atoms. The molecule has 4 heteroatoms. The highest BCUT2D eigenvalue weighted by molar-refractivity contribution is 5.78. The van der Waals surface area contributed by atoms with Gasteiger partial charge in [-0.05, 0) is 34.1 Å². The number of hydrogen-bond donors (Lipinski definition) is 2. The Kier molecular flexibility index (Phi) is 5.97. The summed E-state index contributed by atoms with van der Waals surface area (Å²) in [4.78, 5) is 11.1. The molecule has 4 nitrogen and oxygen atoms in total. The normalized spacial score (nSPS) is 15.8. The molecule has 1 unspecified atom stereocenters. The maximum Gasteiger partial charge on any atom is 0.323 e. The predicted octanol–water partition coefficient (Wildman–Crippen LogP) is 2.03. The molecule has 2 N–H and O–H groups in total. The quantitative estimate of drug-likeness (QED) is 0.658. The summed E-state index contributed by atoms with van der Waals surface area (Å²) in [7, 11) is 0. The Balaban J connectivity index is 4.00. The number of carbonyl (C=O) groups is 1. The van der Waals surface area contributed by atoms with Crippen molar-refractivity contribution in [2.75, 3.05) is 13.2 Å². The van der Waals surface area contributed by atoms with Gasteiger partial charge in [0.05, 0.1) is 12.2 Å². The van der Waals surface area contributed by atoms with Crippen molar-refractivity contribution in [2.24, 2.45) is 0 Å². The number of carboxylic acid groups (broad SMARTS) is 1. The summed E-state index contributed by atoms with van der Waals surface area (Å²) in [5.41, 5.74) is -1.01. The third-order valence-corrected chi connectivity index (χ3v) is 2.37. The van der Waals surface area contributed by atoms with E-state index in [1.165, 1.54) is 0 Å². The summed E-state index contributed by atoms with van der Waals surface area (Å²) >= 11 is 0. The summed E-state index contributed by atoms with van der Waals surface area (Å²) in [6.45, 7) is 10.7. The first-order valence-electron chi connectivity index (χ1n) is 5.83. The minimum atomic E-state index is -0.837. The minimum absolute atomic E-state index is 0.175. The van der Waals surface area contributed by atoms with Crippen molar-refractivity contribution >= 4 is 5.97 Å². The first-order chi connectivity index (χ1) is 7.21. The lowest BCUT2D eigenvalue weighted by atomic mass is 9.96. The van der Waals surface area contributed by atoms with Crippen LogP contribution >= 0.6 is 0 Å². The zero-order chi connectivity index (χ0) is 12.8. The number of hydrogen-bond acceptors (Lipinski definition) is 3. The standard InChI is InChI=1S/C12H25NO3/c1-6-7-12(5,10(14)15)13-8-9-16-11(2,3)4/h13H,6-9H2,1-5H3,(H,14,15). The van der Waals surface area contributed by atoms with E-state index in [1.54, 1.807) is 6.92 Å². The molecule has 0 amide bonds. The van der Waals surface area contributed by atoms with E-state index in [4.69, 9.17) is 9.84 Å². The molecule has 0 aromatic heterocycles. The van der Waals surface area contributed by atoms with Crippen molar-refractivity contribution in [3.63, 3.8) is 0 Å². The largest absolute Gasteiger partial charge is 0.480 e. The second-order valence-electron chi connectivity index (χ2n) is 5.27. The number of nitrogens with one attached hydrogen (secondary N) is 1. The Morgan fingerprint density at radius 3 is 2.25 bits per heavy atom. The van der Waals surface area contributed by atoms with Crippen molar-refractivity contribution < 1.29 is 14.6 Å². The average molecular weight is 231 g/mol. The molecule has 0 rings (SSSR count). The molecule has 16 heavy (non-hydrogen) atoms. The van der Waals surface area contributed by atoms with Crippen molar-refractivity contribution in [3.05, 3.63) is 0 Å². The molecule has 0 aliphatic carbocycles. The van der Waals surface area contributed by atoms with E-state index in [2.05, 4.69) is 5.32 Å². The van der Waals surface area contributed by atoms with Crippen LogP contribution in [0.2, 0.25) is 0 Å². The fourth-order valence-corrected chi connectivity index (χ4v) is 1.46. The fourth-order valence-electron chi connectivity index (χ4n) is 1.46. The van der Waals surface area contributed by atoms with Crippen LogP contribution in [-0.2, 0) is 9.53 Å². The monoisotopic (exact) mass is 231 g/mol. The number of carboxylic acids is 1. The SMILES string of the molecule is CCCC(C)(NCCOC(C)(C)C)C(=O)O. The molecule has 0 aromatic carbocycles. The molecule has 0 fully saturated rings. The van der Waals surface area contributed by atoms with Crippen LogP contribution in [-0.4, -0.2) is 35.4 Å². The van der Waals surface area contributed by atoms with E-state index in [9.17, 15) is 4.79 Å². The Morgan fingerprint density at radius 1 is 1.31 bits per heavy atom. The van der Waals surface area contributed by atoms with Gasteiger partial charge in [-0.3, -0.25) is 10.1 Å². The number of rotatable bonds is 7. The summed E-state index contributed by atoms with van der Waals surface area (Å²) in [6.07, 6.45) is 1.47. The zero-order valence-corrected chi connectivity index (χ0v) is 11.1. The lowest BCUT2D eigenvalue weighted by molar-refractivity contribution is -0.144. The van der Waals surface area contributed by atoms with Gasteiger partial charge < -0.3 is 9.84 Å². The molecule has 0 saturated heterocycles. The topological polar surface area (TPSA) is 58.6 Å². The fraction of sp³-hybridized carbons (Fsp3) is 0.917. The molecule has 0 radical (unpaired) electrons. The summed E-state index contributed by atoms with van der Waals surface area (Å²) in [5, 5.41) is 12.2. The molecule has 0 aliphatic rings. The van der Waals surface area contributed by atoms with Crippen LogP contribution < -0.4 is 5.32 Å². The van der Waals surface area contributed by atoms with E-state index in [0.29, 0.717) is 19.6 Å². The van der Waals surface area contributed by atoms with Crippen LogP contribution in [0.3, 0.4) is 0 Å². The van der Waals surface area contributed by atoms with Gasteiger partial charge >= 0.3 is 5.97 Å². The van der Waals surface area contributed by atoms with Crippen LogP contribution in [0.25, 0.3) is 0 Å². The maximum absolute atomic E-state index is 11.1. The van der Waals surface area contributed by atoms with E-state index in [-0.39, 0.29) is 5.60 Å². The van der Waals surface area contributed by atoms with Crippen LogP contribution in [0.4, 0.5) is 0 Å².